The Kier molecular flexibility index (Phi) is 5.17. The molecule has 1 aromatic rings. The summed E-state index contributed by atoms with van der Waals surface area (Å²) >= 11 is 0. The van der Waals surface area contributed by atoms with Crippen molar-refractivity contribution in [2.24, 2.45) is 0 Å². The van der Waals surface area contributed by atoms with E-state index in [4.69, 9.17) is 0 Å². The van der Waals surface area contributed by atoms with Gasteiger partial charge in [-0.2, -0.15) is 0 Å². The van der Waals surface area contributed by atoms with Gasteiger partial charge in [0.05, 0.1) is 0 Å². The highest BCUT2D eigenvalue weighted by atomic mass is 19.1. The Bertz CT molecular complexity index is 408. The van der Waals surface area contributed by atoms with Gasteiger partial charge in [0, 0.05) is 24.7 Å². The molecule has 1 N–H and O–H groups in total. The second-order valence-corrected chi connectivity index (χ2v) is 6.88. The van der Waals surface area contributed by atoms with Crippen LogP contribution >= 0.6 is 0 Å². The molecule has 1 aromatic carbocycles. The van der Waals surface area contributed by atoms with Crippen molar-refractivity contribution in [3.63, 3.8) is 0 Å². The molecule has 2 nitrogen and oxygen atoms in total. The van der Waals surface area contributed by atoms with Gasteiger partial charge in [0.2, 0.25) is 0 Å². The van der Waals surface area contributed by atoms with Crippen molar-refractivity contribution in [1.29, 1.82) is 0 Å². The number of likely N-dealkylation sites (tertiary alicyclic amines) is 1. The Balaban J connectivity index is 1.94. The fourth-order valence-electron chi connectivity index (χ4n) is 2.75. The number of piperidine rings is 1. The van der Waals surface area contributed by atoms with E-state index >= 15 is 0 Å². The van der Waals surface area contributed by atoms with Crippen LogP contribution in [0.5, 0.6) is 0 Å². The van der Waals surface area contributed by atoms with Gasteiger partial charge in [-0.1, -0.05) is 18.6 Å². The molecular weight excluding hydrogens is 251 g/mol. The van der Waals surface area contributed by atoms with Crippen LogP contribution in [0.3, 0.4) is 0 Å². The number of nitrogens with zero attached hydrogens (tertiary/aromatic N) is 1. The molecule has 1 unspecified atom stereocenters. The molecule has 112 valence electrons. The summed E-state index contributed by atoms with van der Waals surface area (Å²) in [6.07, 6.45) is 3.84. The molecule has 1 atom stereocenters. The lowest BCUT2D eigenvalue weighted by Gasteiger charge is -2.37. The summed E-state index contributed by atoms with van der Waals surface area (Å²) in [6, 6.07) is 7.51. The summed E-state index contributed by atoms with van der Waals surface area (Å²) in [6.45, 7) is 9.73. The minimum atomic E-state index is -0.154. The predicted octanol–water partition coefficient (Wildman–Crippen LogP) is 3.57. The molecule has 0 aliphatic carbocycles. The second kappa shape index (κ2) is 6.68. The van der Waals surface area contributed by atoms with Crippen LogP contribution in [0.4, 0.5) is 4.39 Å². The van der Waals surface area contributed by atoms with Crippen LogP contribution in [0.25, 0.3) is 0 Å². The van der Waals surface area contributed by atoms with Crippen LogP contribution in [-0.2, 0) is 6.54 Å². The molecule has 0 spiro atoms. The maximum Gasteiger partial charge on any atom is 0.123 e. The van der Waals surface area contributed by atoms with E-state index in [-0.39, 0.29) is 11.4 Å². The van der Waals surface area contributed by atoms with E-state index in [0.29, 0.717) is 6.04 Å². The zero-order valence-electron chi connectivity index (χ0n) is 13.0. The number of benzene rings is 1. The Labute approximate surface area is 122 Å². The van der Waals surface area contributed by atoms with Gasteiger partial charge in [-0.15, -0.1) is 0 Å². The second-order valence-electron chi connectivity index (χ2n) is 6.88. The third-order valence-electron chi connectivity index (χ3n) is 3.92. The summed E-state index contributed by atoms with van der Waals surface area (Å²) in [5.74, 6) is -0.154. The van der Waals surface area contributed by atoms with E-state index in [1.807, 2.05) is 12.1 Å². The molecule has 1 aliphatic rings. The fourth-order valence-corrected chi connectivity index (χ4v) is 2.75. The minimum Gasteiger partial charge on any atom is -0.311 e. The highest BCUT2D eigenvalue weighted by molar-refractivity contribution is 5.16. The zero-order valence-corrected chi connectivity index (χ0v) is 13.0. The number of rotatable bonds is 4. The molecule has 1 aliphatic heterocycles. The molecule has 1 fully saturated rings. The first kappa shape index (κ1) is 15.5. The van der Waals surface area contributed by atoms with E-state index < -0.39 is 0 Å². The van der Waals surface area contributed by atoms with Crippen LogP contribution in [-0.4, -0.2) is 29.6 Å². The Morgan fingerprint density at radius 2 is 1.90 bits per heavy atom. The van der Waals surface area contributed by atoms with Crippen LogP contribution in [0.2, 0.25) is 0 Å². The number of hydrogen-bond acceptors (Lipinski definition) is 2. The molecule has 0 radical (unpaired) electrons. The zero-order chi connectivity index (χ0) is 14.6. The van der Waals surface area contributed by atoms with E-state index in [1.165, 1.54) is 24.8 Å². The van der Waals surface area contributed by atoms with Crippen molar-refractivity contribution in [3.05, 3.63) is 35.6 Å². The van der Waals surface area contributed by atoms with Gasteiger partial charge in [-0.05, 0) is 57.9 Å². The van der Waals surface area contributed by atoms with Crippen LogP contribution < -0.4 is 5.32 Å². The lowest BCUT2D eigenvalue weighted by molar-refractivity contribution is 0.131. The summed E-state index contributed by atoms with van der Waals surface area (Å²) in [5.41, 5.74) is 1.37. The van der Waals surface area contributed by atoms with Crippen LogP contribution in [0, 0.1) is 5.82 Å². The molecule has 0 bridgehead atoms. The highest BCUT2D eigenvalue weighted by Gasteiger charge is 2.23. The largest absolute Gasteiger partial charge is 0.311 e. The molecule has 0 amide bonds. The Morgan fingerprint density at radius 1 is 1.20 bits per heavy atom. The van der Waals surface area contributed by atoms with E-state index in [1.54, 1.807) is 12.1 Å². The van der Waals surface area contributed by atoms with Gasteiger partial charge >= 0.3 is 0 Å². The molecule has 0 aromatic heterocycles. The summed E-state index contributed by atoms with van der Waals surface area (Å²) in [5, 5.41) is 3.61. The smallest absolute Gasteiger partial charge is 0.123 e. The summed E-state index contributed by atoms with van der Waals surface area (Å²) < 4.78 is 13.0. The Hall–Kier alpha value is -0.930. The van der Waals surface area contributed by atoms with Crippen molar-refractivity contribution < 1.29 is 4.39 Å². The van der Waals surface area contributed by atoms with Crippen molar-refractivity contribution in [2.75, 3.05) is 13.1 Å². The van der Waals surface area contributed by atoms with Gasteiger partial charge < -0.3 is 5.32 Å². The van der Waals surface area contributed by atoms with Gasteiger partial charge in [-0.3, -0.25) is 4.90 Å². The Morgan fingerprint density at radius 3 is 2.55 bits per heavy atom. The average molecular weight is 278 g/mol. The van der Waals surface area contributed by atoms with Gasteiger partial charge in [-0.25, -0.2) is 4.39 Å². The maximum atomic E-state index is 13.0. The van der Waals surface area contributed by atoms with E-state index in [0.717, 1.165) is 19.6 Å². The number of nitrogens with one attached hydrogen (secondary N) is 1. The first-order valence-electron chi connectivity index (χ1n) is 7.67. The quantitative estimate of drug-likeness (QED) is 0.906. The normalized spacial score (nSPS) is 21.1. The van der Waals surface area contributed by atoms with Crippen molar-refractivity contribution in [1.82, 2.24) is 10.2 Å². The van der Waals surface area contributed by atoms with Crippen LogP contribution in [0.1, 0.15) is 45.6 Å². The molecule has 20 heavy (non-hydrogen) atoms. The SMILES string of the molecule is CC(C)(C)NCC1CCCCN1Cc1ccc(F)cc1. The third-order valence-corrected chi connectivity index (χ3v) is 3.92. The molecular formula is C17H27FN2. The molecule has 1 saturated heterocycles. The van der Waals surface area contributed by atoms with Crippen molar-refractivity contribution >= 4 is 0 Å². The topological polar surface area (TPSA) is 15.3 Å². The van der Waals surface area contributed by atoms with Crippen LogP contribution in [0.15, 0.2) is 24.3 Å². The van der Waals surface area contributed by atoms with Gasteiger partial charge in [0.15, 0.2) is 0 Å². The van der Waals surface area contributed by atoms with E-state index in [9.17, 15) is 4.39 Å². The first-order chi connectivity index (χ1) is 9.44. The summed E-state index contributed by atoms with van der Waals surface area (Å²) in [7, 11) is 0. The maximum absolute atomic E-state index is 13.0. The molecule has 1 heterocycles. The molecule has 3 heteroatoms. The van der Waals surface area contributed by atoms with E-state index in [2.05, 4.69) is 31.0 Å². The van der Waals surface area contributed by atoms with Gasteiger partial charge in [0.1, 0.15) is 5.82 Å². The monoisotopic (exact) mass is 278 g/mol. The van der Waals surface area contributed by atoms with Crippen molar-refractivity contribution in [3.8, 4) is 0 Å². The third kappa shape index (κ3) is 4.88. The summed E-state index contributed by atoms with van der Waals surface area (Å²) in [4.78, 5) is 2.54. The lowest BCUT2D eigenvalue weighted by Crippen LogP contribution is -2.49. The van der Waals surface area contributed by atoms with Crippen molar-refractivity contribution in [2.45, 2.75) is 58.2 Å². The number of halogens is 1. The predicted molar refractivity (Wildman–Crippen MR) is 82.2 cm³/mol. The standard InChI is InChI=1S/C17H27FN2/c1-17(2,3)19-12-16-6-4-5-11-20(16)13-14-7-9-15(18)10-8-14/h7-10,16,19H,4-6,11-13H2,1-3H3. The highest BCUT2D eigenvalue weighted by Crippen LogP contribution is 2.20. The lowest BCUT2D eigenvalue weighted by atomic mass is 9.99. The average Bonchev–Trinajstić information content (AvgIpc) is 2.39. The minimum absolute atomic E-state index is 0.154. The fraction of sp³-hybridized carbons (Fsp3) is 0.647. The first-order valence-corrected chi connectivity index (χ1v) is 7.67. The van der Waals surface area contributed by atoms with Gasteiger partial charge in [0.25, 0.3) is 0 Å². The number of hydrogen-bond donors (Lipinski definition) is 1. The molecule has 2 rings (SSSR count). The molecule has 0 saturated carbocycles.